The van der Waals surface area contributed by atoms with Gasteiger partial charge < -0.3 is 29.8 Å². The summed E-state index contributed by atoms with van der Waals surface area (Å²) in [7, 11) is 1.71. The molecule has 10 heteroatoms. The first-order valence-corrected chi connectivity index (χ1v) is 13.8. The van der Waals surface area contributed by atoms with Gasteiger partial charge >= 0.3 is 5.97 Å². The quantitative estimate of drug-likeness (QED) is 0.341. The van der Waals surface area contributed by atoms with Gasteiger partial charge in [-0.25, -0.2) is 9.97 Å². The fourth-order valence-corrected chi connectivity index (χ4v) is 6.14. The van der Waals surface area contributed by atoms with Crippen LogP contribution < -0.4 is 21.5 Å². The number of nitrogen functional groups attached to an aromatic ring is 1. The molecule has 3 N–H and O–H groups in total. The Morgan fingerprint density at radius 3 is 2.78 bits per heavy atom. The van der Waals surface area contributed by atoms with Crippen molar-refractivity contribution in [3.05, 3.63) is 81.7 Å². The topological polar surface area (TPSA) is 120 Å². The van der Waals surface area contributed by atoms with E-state index >= 15 is 0 Å². The van der Waals surface area contributed by atoms with E-state index < -0.39 is 0 Å². The van der Waals surface area contributed by atoms with E-state index in [1.54, 1.807) is 43.7 Å². The zero-order chi connectivity index (χ0) is 28.9. The van der Waals surface area contributed by atoms with Crippen molar-refractivity contribution < 1.29 is 9.53 Å². The van der Waals surface area contributed by atoms with Crippen molar-refractivity contribution in [2.24, 2.45) is 12.5 Å². The van der Waals surface area contributed by atoms with Crippen LogP contribution >= 0.6 is 0 Å². The molecule has 0 unspecified atom stereocenters. The number of fused-ring (bicyclic) bond motifs is 3. The van der Waals surface area contributed by atoms with Gasteiger partial charge in [-0.1, -0.05) is 19.9 Å². The fourth-order valence-electron chi connectivity index (χ4n) is 6.14. The van der Waals surface area contributed by atoms with Crippen molar-refractivity contribution in [2.45, 2.75) is 53.3 Å². The molecule has 10 nitrogen and oxygen atoms in total. The van der Waals surface area contributed by atoms with Gasteiger partial charge in [0.25, 0.3) is 5.56 Å². The molecule has 0 fully saturated rings. The van der Waals surface area contributed by atoms with E-state index in [2.05, 4.69) is 39.7 Å². The van der Waals surface area contributed by atoms with Crippen molar-refractivity contribution in [1.29, 1.82) is 0 Å². The van der Waals surface area contributed by atoms with E-state index in [0.29, 0.717) is 22.7 Å². The first-order chi connectivity index (χ1) is 19.6. The number of carbonyl (C=O) groups is 1. The number of nitrogens with zero attached hydrogens (tertiary/aromatic N) is 5. The summed E-state index contributed by atoms with van der Waals surface area (Å²) in [5.41, 5.74) is 12.9. The Labute approximate surface area is 238 Å². The molecule has 4 aromatic rings. The number of hydrogen-bond donors (Lipinski definition) is 2. The standard InChI is InChI=1S/C31H35N7O3/c1-19(39)41-18-24-23(21-13-25(30(40)36(4)16-21)34-28-7-5-6-27(32)35-28)8-9-33-29(24)37-10-11-38-22(17-37)12-20-14-31(2,3)15-26(20)38/h5-9,12-13,16H,10-11,14-15,17-18H2,1-4H3,(H3,32,34,35). The third-order valence-corrected chi connectivity index (χ3v) is 7.93. The summed E-state index contributed by atoms with van der Waals surface area (Å²) in [6.07, 6.45) is 5.75. The Morgan fingerprint density at radius 1 is 1.17 bits per heavy atom. The largest absolute Gasteiger partial charge is 0.461 e. The van der Waals surface area contributed by atoms with Gasteiger partial charge in [-0.05, 0) is 59.7 Å². The van der Waals surface area contributed by atoms with Gasteiger partial charge in [-0.3, -0.25) is 9.59 Å². The number of rotatable bonds is 6. The molecule has 6 rings (SSSR count). The molecule has 0 saturated carbocycles. The summed E-state index contributed by atoms with van der Waals surface area (Å²) in [5.74, 6) is 1.24. The summed E-state index contributed by atoms with van der Waals surface area (Å²) in [5, 5.41) is 3.11. The predicted octanol–water partition coefficient (Wildman–Crippen LogP) is 4.18. The van der Waals surface area contributed by atoms with E-state index in [1.165, 1.54) is 28.4 Å². The van der Waals surface area contributed by atoms with E-state index in [4.69, 9.17) is 15.5 Å². The van der Waals surface area contributed by atoms with Gasteiger partial charge in [0.2, 0.25) is 0 Å². The lowest BCUT2D eigenvalue weighted by molar-refractivity contribution is -0.142. The van der Waals surface area contributed by atoms with Crippen LogP contribution in [0.3, 0.4) is 0 Å². The smallest absolute Gasteiger partial charge is 0.302 e. The predicted molar refractivity (Wildman–Crippen MR) is 159 cm³/mol. The molecule has 212 valence electrons. The molecule has 41 heavy (non-hydrogen) atoms. The maximum Gasteiger partial charge on any atom is 0.302 e. The number of aryl methyl sites for hydroxylation is 1. The van der Waals surface area contributed by atoms with Gasteiger partial charge in [0.15, 0.2) is 0 Å². The third-order valence-electron chi connectivity index (χ3n) is 7.93. The molecule has 1 aliphatic carbocycles. The van der Waals surface area contributed by atoms with Crippen LogP contribution in [0.1, 0.15) is 43.3 Å². The number of ether oxygens (including phenoxy) is 1. The average Bonchev–Trinajstić information content (AvgIpc) is 3.40. The maximum atomic E-state index is 13.0. The first-order valence-electron chi connectivity index (χ1n) is 13.8. The molecule has 1 aliphatic heterocycles. The summed E-state index contributed by atoms with van der Waals surface area (Å²) in [4.78, 5) is 36.2. The van der Waals surface area contributed by atoms with Crippen LogP contribution in [0.15, 0.2) is 53.6 Å². The van der Waals surface area contributed by atoms with Gasteiger partial charge in [-0.15, -0.1) is 0 Å². The zero-order valence-corrected chi connectivity index (χ0v) is 23.9. The van der Waals surface area contributed by atoms with Crippen LogP contribution in [0.5, 0.6) is 0 Å². The number of carbonyl (C=O) groups excluding carboxylic acids is 1. The molecule has 5 heterocycles. The molecule has 0 bridgehead atoms. The number of aromatic nitrogens is 4. The Morgan fingerprint density at radius 2 is 2.00 bits per heavy atom. The second-order valence-electron chi connectivity index (χ2n) is 11.8. The lowest BCUT2D eigenvalue weighted by atomic mass is 9.90. The third kappa shape index (κ3) is 5.17. The molecule has 0 saturated heterocycles. The number of nitrogens with two attached hydrogens (primary N) is 1. The minimum absolute atomic E-state index is 0.0679. The van der Waals surface area contributed by atoms with Crippen molar-refractivity contribution >= 4 is 29.1 Å². The van der Waals surface area contributed by atoms with Crippen molar-refractivity contribution in [3.8, 4) is 11.1 Å². The lowest BCUT2D eigenvalue weighted by Gasteiger charge is -2.33. The van der Waals surface area contributed by atoms with Crippen molar-refractivity contribution in [1.82, 2.24) is 19.1 Å². The van der Waals surface area contributed by atoms with Crippen LogP contribution in [0.4, 0.5) is 23.1 Å². The maximum absolute atomic E-state index is 13.0. The molecule has 0 amide bonds. The number of nitrogens with one attached hydrogen (secondary N) is 1. The second kappa shape index (κ2) is 10.1. The monoisotopic (exact) mass is 553 g/mol. The zero-order valence-electron chi connectivity index (χ0n) is 23.9. The fraction of sp³-hybridized carbons (Fsp3) is 0.355. The van der Waals surface area contributed by atoms with Crippen molar-refractivity contribution in [3.63, 3.8) is 0 Å². The lowest BCUT2D eigenvalue weighted by Crippen LogP contribution is -2.35. The SMILES string of the molecule is CC(=O)OCc1c(-c2cc(Nc3cccc(N)n3)c(=O)n(C)c2)ccnc1N1CCn2c(cc3c2CC(C)(C)C3)C1. The van der Waals surface area contributed by atoms with Gasteiger partial charge in [0, 0.05) is 62.0 Å². The average molecular weight is 554 g/mol. The highest BCUT2D eigenvalue weighted by Gasteiger charge is 2.34. The minimum atomic E-state index is -0.368. The normalized spacial score (nSPS) is 15.4. The first kappa shape index (κ1) is 26.6. The molecule has 0 atom stereocenters. The molecule has 0 spiro atoms. The van der Waals surface area contributed by atoms with Crippen LogP contribution in [-0.2, 0) is 49.1 Å². The summed E-state index contributed by atoms with van der Waals surface area (Å²) in [6.45, 7) is 8.52. The van der Waals surface area contributed by atoms with Gasteiger partial charge in [-0.2, -0.15) is 0 Å². The Hall–Kier alpha value is -4.60. The number of anilines is 4. The molecule has 2 aliphatic rings. The molecular formula is C31H35N7O3. The Bertz CT molecular complexity index is 1720. The Balaban J connectivity index is 1.38. The minimum Gasteiger partial charge on any atom is -0.461 e. The van der Waals surface area contributed by atoms with Crippen LogP contribution in [0.25, 0.3) is 11.1 Å². The molecule has 4 aromatic heterocycles. The van der Waals surface area contributed by atoms with E-state index in [1.807, 2.05) is 6.07 Å². The summed E-state index contributed by atoms with van der Waals surface area (Å²) < 4.78 is 9.54. The molecule has 0 radical (unpaired) electrons. The van der Waals surface area contributed by atoms with E-state index in [-0.39, 0.29) is 18.1 Å². The van der Waals surface area contributed by atoms with E-state index in [9.17, 15) is 9.59 Å². The highest BCUT2D eigenvalue weighted by molar-refractivity contribution is 5.76. The summed E-state index contributed by atoms with van der Waals surface area (Å²) in [6, 6.07) is 11.2. The second-order valence-corrected chi connectivity index (χ2v) is 11.8. The Kier molecular flexibility index (Phi) is 6.56. The van der Waals surface area contributed by atoms with Crippen molar-refractivity contribution in [2.75, 3.05) is 22.5 Å². The highest BCUT2D eigenvalue weighted by atomic mass is 16.5. The van der Waals surface area contributed by atoms with E-state index in [0.717, 1.165) is 55.0 Å². The van der Waals surface area contributed by atoms with Crippen LogP contribution in [-0.4, -0.2) is 31.6 Å². The van der Waals surface area contributed by atoms with Gasteiger partial charge in [0.05, 0.1) is 6.54 Å². The summed E-state index contributed by atoms with van der Waals surface area (Å²) >= 11 is 0. The number of pyridine rings is 3. The van der Waals surface area contributed by atoms with Crippen LogP contribution in [0.2, 0.25) is 0 Å². The van der Waals surface area contributed by atoms with Crippen LogP contribution in [0, 0.1) is 5.41 Å². The van der Waals surface area contributed by atoms with Gasteiger partial charge in [0.1, 0.15) is 29.7 Å². The molecular weight excluding hydrogens is 518 g/mol. The molecule has 0 aromatic carbocycles. The number of hydrogen-bond acceptors (Lipinski definition) is 8. The highest BCUT2D eigenvalue weighted by Crippen LogP contribution is 2.40. The number of esters is 1.